The number of hydrogen-bond acceptors (Lipinski definition) is 2. The lowest BCUT2D eigenvalue weighted by atomic mass is 10.1. The van der Waals surface area contributed by atoms with Crippen molar-refractivity contribution in [3.63, 3.8) is 0 Å². The molecule has 0 fully saturated rings. The second kappa shape index (κ2) is 6.43. The van der Waals surface area contributed by atoms with Gasteiger partial charge in [-0.05, 0) is 31.2 Å². The van der Waals surface area contributed by atoms with Crippen LogP contribution in [0.4, 0.5) is 8.78 Å². The summed E-state index contributed by atoms with van der Waals surface area (Å²) < 4.78 is 28.7. The molecule has 2 nitrogen and oxygen atoms in total. The van der Waals surface area contributed by atoms with Gasteiger partial charge >= 0.3 is 0 Å². The van der Waals surface area contributed by atoms with Crippen LogP contribution in [0.3, 0.4) is 0 Å². The Balaban J connectivity index is 2.60. The lowest BCUT2D eigenvalue weighted by molar-refractivity contribution is 0.0819. The fourth-order valence-corrected chi connectivity index (χ4v) is 1.56. The maximum Gasteiger partial charge on any atom is 0.272 e. The van der Waals surface area contributed by atoms with Gasteiger partial charge < -0.3 is 10.1 Å². The van der Waals surface area contributed by atoms with Gasteiger partial charge in [0.1, 0.15) is 12.4 Å². The van der Waals surface area contributed by atoms with Crippen LogP contribution in [-0.4, -0.2) is 20.1 Å². The molecular weight excluding hydrogens is 212 g/mol. The zero-order valence-corrected chi connectivity index (χ0v) is 9.54. The highest BCUT2D eigenvalue weighted by atomic mass is 19.3. The Morgan fingerprint density at radius 3 is 2.31 bits per heavy atom. The van der Waals surface area contributed by atoms with Gasteiger partial charge in [0.25, 0.3) is 6.43 Å². The zero-order chi connectivity index (χ0) is 12.0. The second-order valence-electron chi connectivity index (χ2n) is 3.52. The van der Waals surface area contributed by atoms with Gasteiger partial charge in [0.05, 0.1) is 0 Å². The SMILES string of the molecule is CCC(NC)c1ccc(OCC(F)F)cc1. The molecule has 16 heavy (non-hydrogen) atoms. The van der Waals surface area contributed by atoms with Gasteiger partial charge in [-0.15, -0.1) is 0 Å². The summed E-state index contributed by atoms with van der Waals surface area (Å²) in [7, 11) is 1.90. The molecule has 0 bridgehead atoms. The summed E-state index contributed by atoms with van der Waals surface area (Å²) in [5.41, 5.74) is 1.13. The minimum absolute atomic E-state index is 0.296. The topological polar surface area (TPSA) is 21.3 Å². The molecule has 1 unspecified atom stereocenters. The highest BCUT2D eigenvalue weighted by Gasteiger charge is 2.07. The minimum Gasteiger partial charge on any atom is -0.488 e. The Labute approximate surface area is 94.6 Å². The predicted molar refractivity (Wildman–Crippen MR) is 60.0 cm³/mol. The van der Waals surface area contributed by atoms with Crippen LogP contribution in [0.2, 0.25) is 0 Å². The molecule has 0 aliphatic rings. The predicted octanol–water partition coefficient (Wildman–Crippen LogP) is 3.00. The van der Waals surface area contributed by atoms with Gasteiger partial charge in [-0.2, -0.15) is 0 Å². The zero-order valence-electron chi connectivity index (χ0n) is 9.54. The van der Waals surface area contributed by atoms with Crippen LogP contribution in [0.5, 0.6) is 5.75 Å². The first-order valence-corrected chi connectivity index (χ1v) is 5.35. The first-order valence-electron chi connectivity index (χ1n) is 5.35. The summed E-state index contributed by atoms with van der Waals surface area (Å²) in [5, 5.41) is 3.18. The molecule has 0 saturated heterocycles. The number of halogens is 2. The Morgan fingerprint density at radius 2 is 1.88 bits per heavy atom. The fraction of sp³-hybridized carbons (Fsp3) is 0.500. The molecule has 0 radical (unpaired) electrons. The average molecular weight is 229 g/mol. The van der Waals surface area contributed by atoms with Crippen LogP contribution < -0.4 is 10.1 Å². The molecule has 1 N–H and O–H groups in total. The molecule has 1 atom stereocenters. The first-order chi connectivity index (χ1) is 7.67. The standard InChI is InChI=1S/C12H17F2NO/c1-3-11(15-2)9-4-6-10(7-5-9)16-8-12(13)14/h4-7,11-12,15H,3,8H2,1-2H3. The van der Waals surface area contributed by atoms with E-state index in [0.717, 1.165) is 12.0 Å². The molecule has 1 aromatic rings. The van der Waals surface area contributed by atoms with Crippen molar-refractivity contribution >= 4 is 0 Å². The van der Waals surface area contributed by atoms with E-state index in [9.17, 15) is 8.78 Å². The Kier molecular flexibility index (Phi) is 5.19. The minimum atomic E-state index is -2.43. The molecule has 0 spiro atoms. The molecule has 0 aliphatic heterocycles. The molecule has 4 heteroatoms. The molecule has 0 aromatic heterocycles. The third-order valence-electron chi connectivity index (χ3n) is 2.42. The Hall–Kier alpha value is -1.16. The van der Waals surface area contributed by atoms with Crippen molar-refractivity contribution in [3.05, 3.63) is 29.8 Å². The summed E-state index contributed by atoms with van der Waals surface area (Å²) in [6.07, 6.45) is -1.45. The van der Waals surface area contributed by atoms with Crippen LogP contribution >= 0.6 is 0 Å². The average Bonchev–Trinajstić information content (AvgIpc) is 2.29. The summed E-state index contributed by atoms with van der Waals surface area (Å²) in [6.45, 7) is 1.53. The lowest BCUT2D eigenvalue weighted by Gasteiger charge is -2.14. The monoisotopic (exact) mass is 229 g/mol. The maximum absolute atomic E-state index is 11.9. The van der Waals surface area contributed by atoms with Crippen molar-refractivity contribution in [1.82, 2.24) is 5.32 Å². The first kappa shape index (κ1) is 12.9. The van der Waals surface area contributed by atoms with E-state index in [1.54, 1.807) is 12.1 Å². The number of alkyl halides is 2. The summed E-state index contributed by atoms with van der Waals surface area (Å²) in [6, 6.07) is 7.52. The van der Waals surface area contributed by atoms with E-state index < -0.39 is 13.0 Å². The fourth-order valence-electron chi connectivity index (χ4n) is 1.56. The molecular formula is C12H17F2NO. The van der Waals surface area contributed by atoms with Crippen LogP contribution in [0.25, 0.3) is 0 Å². The van der Waals surface area contributed by atoms with Crippen LogP contribution in [0.1, 0.15) is 24.9 Å². The highest BCUT2D eigenvalue weighted by Crippen LogP contribution is 2.19. The van der Waals surface area contributed by atoms with Crippen molar-refractivity contribution in [2.75, 3.05) is 13.7 Å². The van der Waals surface area contributed by atoms with E-state index in [0.29, 0.717) is 11.8 Å². The third kappa shape index (κ3) is 3.77. The number of ether oxygens (including phenoxy) is 1. The van der Waals surface area contributed by atoms with E-state index in [2.05, 4.69) is 12.2 Å². The van der Waals surface area contributed by atoms with Crippen molar-refractivity contribution in [1.29, 1.82) is 0 Å². The number of nitrogens with one attached hydrogen (secondary N) is 1. The van der Waals surface area contributed by atoms with E-state index in [4.69, 9.17) is 4.74 Å². The Morgan fingerprint density at radius 1 is 1.25 bits per heavy atom. The summed E-state index contributed by atoms with van der Waals surface area (Å²) in [4.78, 5) is 0. The number of benzene rings is 1. The smallest absolute Gasteiger partial charge is 0.272 e. The van der Waals surface area contributed by atoms with Gasteiger partial charge in [0.2, 0.25) is 0 Å². The molecule has 0 saturated carbocycles. The van der Waals surface area contributed by atoms with E-state index in [1.807, 2.05) is 19.2 Å². The van der Waals surface area contributed by atoms with Gasteiger partial charge in [-0.1, -0.05) is 19.1 Å². The maximum atomic E-state index is 11.9. The summed E-state index contributed by atoms with van der Waals surface area (Å²) >= 11 is 0. The molecule has 1 rings (SSSR count). The third-order valence-corrected chi connectivity index (χ3v) is 2.42. The number of hydrogen-bond donors (Lipinski definition) is 1. The largest absolute Gasteiger partial charge is 0.488 e. The molecule has 90 valence electrons. The van der Waals surface area contributed by atoms with Crippen molar-refractivity contribution in [3.8, 4) is 5.75 Å². The van der Waals surface area contributed by atoms with Crippen LogP contribution in [0, 0.1) is 0 Å². The van der Waals surface area contributed by atoms with Crippen LogP contribution in [-0.2, 0) is 0 Å². The second-order valence-corrected chi connectivity index (χ2v) is 3.52. The molecule has 1 aromatic carbocycles. The normalized spacial score (nSPS) is 12.8. The van der Waals surface area contributed by atoms with Crippen molar-refractivity contribution in [2.45, 2.75) is 25.8 Å². The van der Waals surface area contributed by atoms with E-state index >= 15 is 0 Å². The van der Waals surface area contributed by atoms with Gasteiger partial charge in [-0.3, -0.25) is 0 Å². The Bertz CT molecular complexity index is 296. The highest BCUT2D eigenvalue weighted by molar-refractivity contribution is 5.29. The van der Waals surface area contributed by atoms with Gasteiger partial charge in [0.15, 0.2) is 0 Å². The van der Waals surface area contributed by atoms with Crippen molar-refractivity contribution in [2.24, 2.45) is 0 Å². The lowest BCUT2D eigenvalue weighted by Crippen LogP contribution is -2.15. The van der Waals surface area contributed by atoms with E-state index in [1.165, 1.54) is 0 Å². The van der Waals surface area contributed by atoms with Crippen molar-refractivity contribution < 1.29 is 13.5 Å². The summed E-state index contributed by atoms with van der Waals surface area (Å²) in [5.74, 6) is 0.481. The van der Waals surface area contributed by atoms with Gasteiger partial charge in [-0.25, -0.2) is 8.78 Å². The molecule has 0 aliphatic carbocycles. The van der Waals surface area contributed by atoms with Crippen LogP contribution in [0.15, 0.2) is 24.3 Å². The van der Waals surface area contributed by atoms with Gasteiger partial charge in [0, 0.05) is 6.04 Å². The quantitative estimate of drug-likeness (QED) is 0.809. The number of rotatable bonds is 6. The molecule has 0 amide bonds. The molecule has 0 heterocycles. The van der Waals surface area contributed by atoms with E-state index in [-0.39, 0.29) is 0 Å².